The normalized spacial score (nSPS) is 32.3. The van der Waals surface area contributed by atoms with Gasteiger partial charge in [-0.1, -0.05) is 0 Å². The highest BCUT2D eigenvalue weighted by Crippen LogP contribution is 2.55. The van der Waals surface area contributed by atoms with Crippen LogP contribution < -0.4 is 10.2 Å². The Balaban J connectivity index is 0.00000169. The molecule has 1 N–H and O–H groups in total. The number of anilines is 1. The maximum absolute atomic E-state index is 12.6. The largest absolute Gasteiger partial charge is 0.434 e. The molecule has 3 heterocycles. The van der Waals surface area contributed by atoms with Crippen molar-refractivity contribution in [1.29, 1.82) is 0 Å². The molecule has 2 aliphatic heterocycles. The standard InChI is InChI=1S/C15H17F3N4O.ClH/c16-15(17,18)11-6-21-12(7-20-11)22-8-14(3-13(22)23)9-1-2-10(14)5-19-4-9;/h6-7,9-10,19H,1-5,8H2;1H. The van der Waals surface area contributed by atoms with Crippen molar-refractivity contribution in [3.63, 3.8) is 0 Å². The van der Waals surface area contributed by atoms with Crippen LogP contribution in [0.4, 0.5) is 19.0 Å². The highest BCUT2D eigenvalue weighted by molar-refractivity contribution is 5.95. The van der Waals surface area contributed by atoms with Crippen molar-refractivity contribution in [3.05, 3.63) is 18.1 Å². The number of rotatable bonds is 1. The first-order valence-electron chi connectivity index (χ1n) is 7.80. The summed E-state index contributed by atoms with van der Waals surface area (Å²) in [6, 6.07) is 0. The Kier molecular flexibility index (Phi) is 4.24. The first kappa shape index (κ1) is 17.4. The van der Waals surface area contributed by atoms with E-state index >= 15 is 0 Å². The number of nitrogens with zero attached hydrogens (tertiary/aromatic N) is 3. The van der Waals surface area contributed by atoms with Crippen LogP contribution >= 0.6 is 12.4 Å². The van der Waals surface area contributed by atoms with E-state index in [1.165, 1.54) is 4.90 Å². The molecule has 2 saturated heterocycles. The third-order valence-corrected chi connectivity index (χ3v) is 5.71. The van der Waals surface area contributed by atoms with E-state index in [1.807, 2.05) is 0 Å². The number of hydrogen-bond acceptors (Lipinski definition) is 4. The summed E-state index contributed by atoms with van der Waals surface area (Å²) >= 11 is 0. The Morgan fingerprint density at radius 3 is 2.38 bits per heavy atom. The summed E-state index contributed by atoms with van der Waals surface area (Å²) < 4.78 is 37.7. The molecule has 9 heteroatoms. The lowest BCUT2D eigenvalue weighted by molar-refractivity contribution is -0.141. The van der Waals surface area contributed by atoms with E-state index in [9.17, 15) is 18.0 Å². The smallest absolute Gasteiger partial charge is 0.316 e. The molecule has 4 rings (SSSR count). The van der Waals surface area contributed by atoms with E-state index < -0.39 is 11.9 Å². The number of amides is 1. The van der Waals surface area contributed by atoms with Crippen molar-refractivity contribution >= 4 is 24.1 Å². The molecular formula is C15H18ClF3N4O. The van der Waals surface area contributed by atoms with Crippen LogP contribution in [0, 0.1) is 17.3 Å². The monoisotopic (exact) mass is 362 g/mol. The molecule has 1 saturated carbocycles. The quantitative estimate of drug-likeness (QED) is 0.832. The highest BCUT2D eigenvalue weighted by Gasteiger charge is 2.57. The van der Waals surface area contributed by atoms with Gasteiger partial charge in [0, 0.05) is 18.4 Å². The van der Waals surface area contributed by atoms with Gasteiger partial charge < -0.3 is 5.32 Å². The molecule has 2 bridgehead atoms. The molecule has 2 atom stereocenters. The molecule has 1 amide bonds. The first-order chi connectivity index (χ1) is 10.9. The van der Waals surface area contributed by atoms with Crippen molar-refractivity contribution in [2.24, 2.45) is 17.3 Å². The molecule has 1 spiro atoms. The molecule has 0 aromatic carbocycles. The van der Waals surface area contributed by atoms with Gasteiger partial charge in [-0.05, 0) is 37.8 Å². The molecule has 1 aromatic heterocycles. The molecule has 1 aliphatic carbocycles. The minimum atomic E-state index is -4.52. The Bertz CT molecular complexity index is 621. The number of hydrogen-bond donors (Lipinski definition) is 1. The van der Waals surface area contributed by atoms with Crippen LogP contribution in [0.2, 0.25) is 0 Å². The molecule has 3 fully saturated rings. The lowest BCUT2D eigenvalue weighted by atomic mass is 9.69. The van der Waals surface area contributed by atoms with Crippen LogP contribution in [0.15, 0.2) is 12.4 Å². The molecule has 132 valence electrons. The van der Waals surface area contributed by atoms with Gasteiger partial charge in [-0.25, -0.2) is 9.97 Å². The minimum absolute atomic E-state index is 0. The van der Waals surface area contributed by atoms with Crippen molar-refractivity contribution in [1.82, 2.24) is 15.3 Å². The molecule has 3 aliphatic rings. The summed E-state index contributed by atoms with van der Waals surface area (Å²) in [7, 11) is 0. The molecule has 2 unspecified atom stereocenters. The van der Waals surface area contributed by atoms with Gasteiger partial charge in [0.25, 0.3) is 0 Å². The Morgan fingerprint density at radius 2 is 1.83 bits per heavy atom. The molecule has 1 aromatic rings. The van der Waals surface area contributed by atoms with Gasteiger partial charge >= 0.3 is 6.18 Å². The molecular weight excluding hydrogens is 345 g/mol. The predicted octanol–water partition coefficient (Wildman–Crippen LogP) is 2.27. The first-order valence-corrected chi connectivity index (χ1v) is 7.80. The Morgan fingerprint density at radius 1 is 1.17 bits per heavy atom. The van der Waals surface area contributed by atoms with Gasteiger partial charge in [-0.15, -0.1) is 12.4 Å². The van der Waals surface area contributed by atoms with Crippen LogP contribution in [0.5, 0.6) is 0 Å². The second-order valence-corrected chi connectivity index (χ2v) is 6.78. The van der Waals surface area contributed by atoms with Crippen LogP contribution in [0.25, 0.3) is 0 Å². The zero-order valence-corrected chi connectivity index (χ0v) is 13.7. The van der Waals surface area contributed by atoms with Crippen molar-refractivity contribution in [3.8, 4) is 0 Å². The van der Waals surface area contributed by atoms with Gasteiger partial charge in [0.05, 0.1) is 12.4 Å². The van der Waals surface area contributed by atoms with Crippen LogP contribution in [0.3, 0.4) is 0 Å². The maximum atomic E-state index is 12.6. The zero-order chi connectivity index (χ0) is 16.2. The number of halogens is 4. The summed E-state index contributed by atoms with van der Waals surface area (Å²) in [6.07, 6.45) is -0.0784. The summed E-state index contributed by atoms with van der Waals surface area (Å²) in [5, 5.41) is 3.41. The third-order valence-electron chi connectivity index (χ3n) is 5.71. The maximum Gasteiger partial charge on any atom is 0.434 e. The van der Waals surface area contributed by atoms with Gasteiger partial charge in [0.2, 0.25) is 5.91 Å². The summed E-state index contributed by atoms with van der Waals surface area (Å²) in [6.45, 7) is 2.37. The van der Waals surface area contributed by atoms with E-state index in [2.05, 4.69) is 15.3 Å². The third kappa shape index (κ3) is 2.56. The van der Waals surface area contributed by atoms with Crippen molar-refractivity contribution < 1.29 is 18.0 Å². The van der Waals surface area contributed by atoms with Crippen LogP contribution in [-0.4, -0.2) is 35.5 Å². The van der Waals surface area contributed by atoms with Gasteiger partial charge in [-0.3, -0.25) is 9.69 Å². The second-order valence-electron chi connectivity index (χ2n) is 6.78. The second kappa shape index (κ2) is 5.84. The number of carbonyl (C=O) groups is 1. The molecule has 0 radical (unpaired) electrons. The average Bonchev–Trinajstić information content (AvgIpc) is 2.89. The fourth-order valence-corrected chi connectivity index (χ4v) is 4.53. The number of nitrogens with one attached hydrogen (secondary N) is 1. The number of carbonyl (C=O) groups excluding carboxylic acids is 1. The fraction of sp³-hybridized carbons (Fsp3) is 0.667. The SMILES string of the molecule is Cl.O=C1CC2(CN1c1cnc(C(F)(F)F)cn1)C1CCC2CNC1. The lowest BCUT2D eigenvalue weighted by Crippen LogP contribution is -2.48. The highest BCUT2D eigenvalue weighted by atomic mass is 35.5. The fourth-order valence-electron chi connectivity index (χ4n) is 4.53. The van der Waals surface area contributed by atoms with Gasteiger partial charge in [0.1, 0.15) is 0 Å². The van der Waals surface area contributed by atoms with E-state index in [-0.39, 0.29) is 29.5 Å². The van der Waals surface area contributed by atoms with E-state index in [0.29, 0.717) is 31.0 Å². The summed E-state index contributed by atoms with van der Waals surface area (Å²) in [5.74, 6) is 1.07. The average molecular weight is 363 g/mol. The summed E-state index contributed by atoms with van der Waals surface area (Å²) in [5.41, 5.74) is -1.09. The number of alkyl halides is 3. The minimum Gasteiger partial charge on any atom is -0.316 e. The van der Waals surface area contributed by atoms with E-state index in [1.54, 1.807) is 0 Å². The van der Waals surface area contributed by atoms with Crippen LogP contribution in [-0.2, 0) is 11.0 Å². The van der Waals surface area contributed by atoms with Gasteiger partial charge in [0.15, 0.2) is 11.5 Å². The number of aromatic nitrogens is 2. The predicted molar refractivity (Wildman–Crippen MR) is 82.8 cm³/mol. The molecule has 5 nitrogen and oxygen atoms in total. The van der Waals surface area contributed by atoms with E-state index in [0.717, 1.165) is 32.1 Å². The number of piperidine rings is 1. The van der Waals surface area contributed by atoms with Gasteiger partial charge in [-0.2, -0.15) is 13.2 Å². The van der Waals surface area contributed by atoms with Crippen molar-refractivity contribution in [2.45, 2.75) is 25.4 Å². The van der Waals surface area contributed by atoms with Crippen LogP contribution in [0.1, 0.15) is 25.0 Å². The summed E-state index contributed by atoms with van der Waals surface area (Å²) in [4.78, 5) is 21.2. The zero-order valence-electron chi connectivity index (χ0n) is 12.8. The molecule has 24 heavy (non-hydrogen) atoms. The van der Waals surface area contributed by atoms with Crippen molar-refractivity contribution in [2.75, 3.05) is 24.5 Å². The Hall–Kier alpha value is -1.41. The van der Waals surface area contributed by atoms with E-state index in [4.69, 9.17) is 0 Å². The lowest BCUT2D eigenvalue weighted by Gasteiger charge is -2.40. The Labute approximate surface area is 143 Å². The topological polar surface area (TPSA) is 58.1 Å².